The molecule has 41 heavy (non-hydrogen) atoms. The Morgan fingerprint density at radius 2 is 0.659 bits per heavy atom. The molecular weight excluding hydrogens is 520 g/mol. The van der Waals surface area contributed by atoms with Gasteiger partial charge in [-0.05, 0) is 90.3 Å². The first-order chi connectivity index (χ1) is 19.9. The molecule has 0 N–H and O–H groups in total. The van der Waals surface area contributed by atoms with Crippen LogP contribution in [0.15, 0.2) is 121 Å². The number of ether oxygens (including phenoxy) is 2. The third kappa shape index (κ3) is 5.53. The topological polar surface area (TPSA) is 93.2 Å². The Balaban J connectivity index is 1.03. The summed E-state index contributed by atoms with van der Waals surface area (Å²) in [6.07, 6.45) is 5.73. The van der Waals surface area contributed by atoms with Crippen molar-refractivity contribution in [1.29, 1.82) is 0 Å². The summed E-state index contributed by atoms with van der Waals surface area (Å²) < 4.78 is 11.8. The summed E-state index contributed by atoms with van der Waals surface area (Å²) in [7, 11) is 0. The maximum Gasteiger partial charge on any atom is 0.258 e. The first kappa shape index (κ1) is 25.5. The van der Waals surface area contributed by atoms with E-state index in [0.29, 0.717) is 34.4 Å². The van der Waals surface area contributed by atoms with Gasteiger partial charge in [0.2, 0.25) is 0 Å². The molecule has 2 heterocycles. The number of carbonyl (C=O) groups is 4. The first-order valence-corrected chi connectivity index (χ1v) is 12.8. The maximum absolute atomic E-state index is 11.8. The minimum Gasteiger partial charge on any atom is -0.457 e. The molecule has 200 valence electrons. The molecule has 6 rings (SSSR count). The molecule has 2 aliphatic heterocycles. The van der Waals surface area contributed by atoms with Gasteiger partial charge in [-0.1, -0.05) is 24.3 Å². The van der Waals surface area contributed by atoms with E-state index >= 15 is 0 Å². The molecule has 0 fully saturated rings. The number of rotatable bonds is 8. The Bertz CT molecular complexity index is 1540. The van der Waals surface area contributed by atoms with Crippen molar-refractivity contribution < 1.29 is 28.7 Å². The molecule has 0 spiro atoms. The molecule has 4 aromatic carbocycles. The van der Waals surface area contributed by atoms with Crippen molar-refractivity contribution in [2.75, 3.05) is 9.80 Å². The Labute approximate surface area is 235 Å². The molecule has 0 saturated heterocycles. The van der Waals surface area contributed by atoms with Gasteiger partial charge in [-0.2, -0.15) is 0 Å². The summed E-state index contributed by atoms with van der Waals surface area (Å²) in [6.45, 7) is 0. The van der Waals surface area contributed by atoms with Crippen molar-refractivity contribution in [3.05, 3.63) is 132 Å². The lowest BCUT2D eigenvalue weighted by Crippen LogP contribution is -2.29. The predicted octanol–water partition coefficient (Wildman–Crippen LogP) is 5.72. The van der Waals surface area contributed by atoms with Crippen LogP contribution in [0.1, 0.15) is 11.1 Å². The monoisotopic (exact) mass is 542 g/mol. The zero-order chi connectivity index (χ0) is 28.3. The highest BCUT2D eigenvalue weighted by atomic mass is 16.5. The van der Waals surface area contributed by atoms with Gasteiger partial charge in [-0.15, -0.1) is 0 Å². The van der Waals surface area contributed by atoms with E-state index in [9.17, 15) is 19.2 Å². The van der Waals surface area contributed by atoms with E-state index in [1.54, 1.807) is 48.5 Å². The Hall–Kier alpha value is -5.76. The standard InChI is InChI=1S/C33H22N2O6/c36-30-17-18-31(37)34(30)24-5-13-28(14-6-24)40-26-9-1-22(2-10-26)21-23-3-11-27(12-4-23)41-29-15-7-25(8-16-29)35-32(38)19-20-33(35)39/h1-20H,21H2. The van der Waals surface area contributed by atoms with Crippen molar-refractivity contribution in [3.63, 3.8) is 0 Å². The zero-order valence-corrected chi connectivity index (χ0v) is 21.6. The molecule has 0 unspecified atom stereocenters. The van der Waals surface area contributed by atoms with Crippen LogP contribution in [0.25, 0.3) is 0 Å². The van der Waals surface area contributed by atoms with E-state index in [-0.39, 0.29) is 23.6 Å². The van der Waals surface area contributed by atoms with Crippen LogP contribution in [-0.2, 0) is 25.6 Å². The summed E-state index contributed by atoms with van der Waals surface area (Å²) >= 11 is 0. The SMILES string of the molecule is O=C1C=CC(=O)N1c1ccc(Oc2ccc(Cc3ccc(Oc4ccc(N5C(=O)C=CC5=O)cc4)cc3)cc2)cc1. The molecule has 0 bridgehead atoms. The van der Waals surface area contributed by atoms with Crippen LogP contribution in [0.5, 0.6) is 23.0 Å². The number of nitrogens with zero attached hydrogens (tertiary/aromatic N) is 2. The Morgan fingerprint density at radius 1 is 0.390 bits per heavy atom. The van der Waals surface area contributed by atoms with Crippen LogP contribution in [0, 0.1) is 0 Å². The molecular formula is C33H22N2O6. The van der Waals surface area contributed by atoms with Crippen LogP contribution in [0.3, 0.4) is 0 Å². The van der Waals surface area contributed by atoms with Crippen LogP contribution >= 0.6 is 0 Å². The minimum absolute atomic E-state index is 0.360. The highest BCUT2D eigenvalue weighted by molar-refractivity contribution is 6.28. The molecule has 8 nitrogen and oxygen atoms in total. The maximum atomic E-state index is 11.8. The second-order valence-electron chi connectivity index (χ2n) is 9.35. The smallest absolute Gasteiger partial charge is 0.258 e. The fourth-order valence-corrected chi connectivity index (χ4v) is 4.49. The molecule has 8 heteroatoms. The molecule has 0 atom stereocenters. The molecule has 0 saturated carbocycles. The third-order valence-electron chi connectivity index (χ3n) is 6.53. The number of hydrogen-bond donors (Lipinski definition) is 0. The number of hydrogen-bond acceptors (Lipinski definition) is 6. The van der Waals surface area contributed by atoms with Crippen LogP contribution in [0.4, 0.5) is 11.4 Å². The molecule has 0 radical (unpaired) electrons. The van der Waals surface area contributed by atoms with E-state index in [4.69, 9.17) is 9.47 Å². The molecule has 0 aliphatic carbocycles. The van der Waals surface area contributed by atoms with Gasteiger partial charge in [0, 0.05) is 24.3 Å². The number of benzene rings is 4. The summed E-state index contributed by atoms with van der Waals surface area (Å²) in [6, 6.07) is 29.1. The van der Waals surface area contributed by atoms with Gasteiger partial charge in [0.25, 0.3) is 23.6 Å². The van der Waals surface area contributed by atoms with E-state index in [1.165, 1.54) is 24.3 Å². The number of anilines is 2. The van der Waals surface area contributed by atoms with Crippen molar-refractivity contribution in [2.24, 2.45) is 0 Å². The van der Waals surface area contributed by atoms with Crippen molar-refractivity contribution in [3.8, 4) is 23.0 Å². The minimum atomic E-state index is -0.360. The second-order valence-corrected chi connectivity index (χ2v) is 9.35. The van der Waals surface area contributed by atoms with Crippen LogP contribution in [-0.4, -0.2) is 23.6 Å². The fraction of sp³-hybridized carbons (Fsp3) is 0.0303. The summed E-state index contributed by atoms with van der Waals surface area (Å²) in [5.41, 5.74) is 3.20. The van der Waals surface area contributed by atoms with E-state index in [0.717, 1.165) is 27.3 Å². The van der Waals surface area contributed by atoms with Crippen LogP contribution in [0.2, 0.25) is 0 Å². The predicted molar refractivity (Wildman–Crippen MR) is 152 cm³/mol. The normalized spacial score (nSPS) is 14.3. The number of imide groups is 2. The largest absolute Gasteiger partial charge is 0.457 e. The number of amides is 4. The first-order valence-electron chi connectivity index (χ1n) is 12.8. The fourth-order valence-electron chi connectivity index (χ4n) is 4.49. The number of carbonyl (C=O) groups excluding carboxylic acids is 4. The summed E-state index contributed by atoms with van der Waals surface area (Å²) in [5.74, 6) is 1.08. The van der Waals surface area contributed by atoms with E-state index < -0.39 is 0 Å². The van der Waals surface area contributed by atoms with Crippen molar-refractivity contribution in [2.45, 2.75) is 6.42 Å². The van der Waals surface area contributed by atoms with E-state index in [1.807, 2.05) is 48.5 Å². The Kier molecular flexibility index (Phi) is 6.71. The zero-order valence-electron chi connectivity index (χ0n) is 21.6. The highest BCUT2D eigenvalue weighted by Gasteiger charge is 2.25. The lowest BCUT2D eigenvalue weighted by molar-refractivity contribution is -0.121. The average molecular weight is 543 g/mol. The second kappa shape index (κ2) is 10.8. The lowest BCUT2D eigenvalue weighted by atomic mass is 10.0. The van der Waals surface area contributed by atoms with Gasteiger partial charge in [-0.3, -0.25) is 19.2 Å². The van der Waals surface area contributed by atoms with Gasteiger partial charge in [-0.25, -0.2) is 9.80 Å². The lowest BCUT2D eigenvalue weighted by Gasteiger charge is -2.14. The third-order valence-corrected chi connectivity index (χ3v) is 6.53. The Morgan fingerprint density at radius 3 is 0.951 bits per heavy atom. The molecule has 2 aliphatic rings. The molecule has 0 aromatic heterocycles. The van der Waals surface area contributed by atoms with Gasteiger partial charge in [0.1, 0.15) is 23.0 Å². The highest BCUT2D eigenvalue weighted by Crippen LogP contribution is 2.28. The molecule has 4 aromatic rings. The van der Waals surface area contributed by atoms with Crippen molar-refractivity contribution >= 4 is 35.0 Å². The van der Waals surface area contributed by atoms with Gasteiger partial charge >= 0.3 is 0 Å². The van der Waals surface area contributed by atoms with Gasteiger partial charge < -0.3 is 9.47 Å². The van der Waals surface area contributed by atoms with Gasteiger partial charge in [0.15, 0.2) is 0 Å². The van der Waals surface area contributed by atoms with Crippen LogP contribution < -0.4 is 19.3 Å². The van der Waals surface area contributed by atoms with Gasteiger partial charge in [0.05, 0.1) is 11.4 Å². The van der Waals surface area contributed by atoms with E-state index in [2.05, 4.69) is 0 Å². The van der Waals surface area contributed by atoms with Crippen molar-refractivity contribution in [1.82, 2.24) is 0 Å². The molecule has 4 amide bonds. The quantitative estimate of drug-likeness (QED) is 0.265. The summed E-state index contributed by atoms with van der Waals surface area (Å²) in [5, 5.41) is 0. The average Bonchev–Trinajstić information content (AvgIpc) is 3.50. The summed E-state index contributed by atoms with van der Waals surface area (Å²) in [4.78, 5) is 49.6.